The summed E-state index contributed by atoms with van der Waals surface area (Å²) in [4.78, 5) is 20.1. The average Bonchev–Trinajstić information content (AvgIpc) is 2.59. The highest BCUT2D eigenvalue weighted by Gasteiger charge is 2.30. The summed E-state index contributed by atoms with van der Waals surface area (Å²) >= 11 is 3.33. The number of carbonyl (C=O) groups is 1. The number of benzene rings is 2. The van der Waals surface area contributed by atoms with E-state index in [2.05, 4.69) is 31.2 Å². The zero-order valence-corrected chi connectivity index (χ0v) is 14.6. The number of hydrogen-bond acceptors (Lipinski definition) is 4. The number of hydrogen-bond donors (Lipinski definition) is 1. The Kier molecular flexibility index (Phi) is 5.08. The molecular formula is C17H11BrF3N3O2. The lowest BCUT2D eigenvalue weighted by Gasteiger charge is -2.11. The third-order valence-corrected chi connectivity index (χ3v) is 3.87. The second-order valence-electron chi connectivity index (χ2n) is 5.26. The topological polar surface area (TPSA) is 64.1 Å². The smallest absolute Gasteiger partial charge is 0.416 e. The van der Waals surface area contributed by atoms with Gasteiger partial charge in [0.2, 0.25) is 5.88 Å². The van der Waals surface area contributed by atoms with Gasteiger partial charge in [-0.25, -0.2) is 9.97 Å². The molecule has 1 heterocycles. The van der Waals surface area contributed by atoms with Gasteiger partial charge in [0.1, 0.15) is 6.33 Å². The van der Waals surface area contributed by atoms with Crippen LogP contribution in [0.5, 0.6) is 5.88 Å². The lowest BCUT2D eigenvalue weighted by Crippen LogP contribution is -2.21. The molecule has 0 bridgehead atoms. The molecule has 0 spiro atoms. The largest absolute Gasteiger partial charge is 0.467 e. The molecule has 0 radical (unpaired) electrons. The molecular weight excluding hydrogens is 415 g/mol. The van der Waals surface area contributed by atoms with Crippen molar-refractivity contribution in [2.75, 3.05) is 11.9 Å². The summed E-state index contributed by atoms with van der Waals surface area (Å²) in [6, 6.07) is 9.68. The number of nitrogens with zero attached hydrogens (tertiary/aromatic N) is 2. The van der Waals surface area contributed by atoms with Gasteiger partial charge in [0.15, 0.2) is 6.61 Å². The van der Waals surface area contributed by atoms with Crippen LogP contribution in [0.4, 0.5) is 18.9 Å². The first-order chi connectivity index (χ1) is 12.3. The molecule has 5 nitrogen and oxygen atoms in total. The number of ether oxygens (including phenoxy) is 1. The number of fused-ring (bicyclic) bond motifs is 1. The van der Waals surface area contributed by atoms with E-state index < -0.39 is 24.3 Å². The molecule has 0 saturated heterocycles. The number of halogens is 4. The standard InChI is InChI=1S/C17H11BrF3N3O2/c18-11-4-5-14-13(7-11)16(23-9-22-14)26-8-15(25)24-12-3-1-2-10(6-12)17(19,20)21/h1-7,9H,8H2,(H,24,25). The summed E-state index contributed by atoms with van der Waals surface area (Å²) in [6.45, 7) is -0.408. The Bertz CT molecular complexity index is 963. The van der Waals surface area contributed by atoms with E-state index in [9.17, 15) is 18.0 Å². The van der Waals surface area contributed by atoms with E-state index in [1.54, 1.807) is 18.2 Å². The van der Waals surface area contributed by atoms with Crippen LogP contribution in [-0.2, 0) is 11.0 Å². The van der Waals surface area contributed by atoms with E-state index in [4.69, 9.17) is 4.74 Å². The molecule has 9 heteroatoms. The van der Waals surface area contributed by atoms with Gasteiger partial charge in [-0.05, 0) is 36.4 Å². The third kappa shape index (κ3) is 4.29. The SMILES string of the molecule is O=C(COc1ncnc2ccc(Br)cc12)Nc1cccc(C(F)(F)F)c1. The Hall–Kier alpha value is -2.68. The van der Waals surface area contributed by atoms with Gasteiger partial charge in [0.25, 0.3) is 5.91 Å². The van der Waals surface area contributed by atoms with Crippen molar-refractivity contribution in [1.29, 1.82) is 0 Å². The van der Waals surface area contributed by atoms with Crippen LogP contribution in [0.1, 0.15) is 5.56 Å². The van der Waals surface area contributed by atoms with Crippen molar-refractivity contribution < 1.29 is 22.7 Å². The average molecular weight is 426 g/mol. The summed E-state index contributed by atoms with van der Waals surface area (Å²) < 4.78 is 44.3. The first-order valence-corrected chi connectivity index (χ1v) is 8.12. The molecule has 1 aromatic heterocycles. The fourth-order valence-electron chi connectivity index (χ4n) is 2.22. The predicted octanol–water partition coefficient (Wildman–Crippen LogP) is 4.43. The van der Waals surface area contributed by atoms with E-state index in [0.29, 0.717) is 10.9 Å². The number of aromatic nitrogens is 2. The molecule has 0 atom stereocenters. The van der Waals surface area contributed by atoms with Crippen molar-refractivity contribution in [3.63, 3.8) is 0 Å². The Balaban J connectivity index is 1.69. The number of rotatable bonds is 4. The highest BCUT2D eigenvalue weighted by Crippen LogP contribution is 2.30. The lowest BCUT2D eigenvalue weighted by molar-refractivity contribution is -0.137. The summed E-state index contributed by atoms with van der Waals surface area (Å²) in [5, 5.41) is 2.97. The van der Waals surface area contributed by atoms with Gasteiger partial charge in [0, 0.05) is 10.2 Å². The molecule has 3 rings (SSSR count). The number of nitrogens with one attached hydrogen (secondary N) is 1. The minimum Gasteiger partial charge on any atom is -0.467 e. The van der Waals surface area contributed by atoms with Crippen molar-refractivity contribution >= 4 is 38.4 Å². The summed E-state index contributed by atoms with van der Waals surface area (Å²) in [6.07, 6.45) is -3.18. The van der Waals surface area contributed by atoms with Crippen LogP contribution in [0.2, 0.25) is 0 Å². The molecule has 0 aliphatic heterocycles. The fraction of sp³-hybridized carbons (Fsp3) is 0.118. The van der Waals surface area contributed by atoms with Crippen molar-refractivity contribution in [1.82, 2.24) is 9.97 Å². The molecule has 0 saturated carbocycles. The molecule has 2 aromatic carbocycles. The van der Waals surface area contributed by atoms with Gasteiger partial charge < -0.3 is 10.1 Å². The van der Waals surface area contributed by atoms with Crippen LogP contribution in [0.15, 0.2) is 53.3 Å². The van der Waals surface area contributed by atoms with E-state index in [1.165, 1.54) is 18.5 Å². The van der Waals surface area contributed by atoms with Crippen molar-refractivity contribution in [2.24, 2.45) is 0 Å². The molecule has 134 valence electrons. The van der Waals surface area contributed by atoms with E-state index in [0.717, 1.165) is 16.6 Å². The van der Waals surface area contributed by atoms with Crippen molar-refractivity contribution in [3.05, 3.63) is 58.8 Å². The predicted molar refractivity (Wildman–Crippen MR) is 92.8 cm³/mol. The zero-order chi connectivity index (χ0) is 18.7. The Morgan fingerprint density at radius 3 is 2.73 bits per heavy atom. The maximum absolute atomic E-state index is 12.7. The molecule has 1 amide bonds. The fourth-order valence-corrected chi connectivity index (χ4v) is 2.59. The first-order valence-electron chi connectivity index (χ1n) is 7.33. The minimum absolute atomic E-state index is 0.0312. The second kappa shape index (κ2) is 7.28. The van der Waals surface area contributed by atoms with Crippen LogP contribution in [0, 0.1) is 0 Å². The van der Waals surface area contributed by atoms with Gasteiger partial charge in [-0.3, -0.25) is 4.79 Å². The molecule has 0 unspecified atom stereocenters. The quantitative estimate of drug-likeness (QED) is 0.671. The van der Waals surface area contributed by atoms with Gasteiger partial charge in [-0.1, -0.05) is 22.0 Å². The van der Waals surface area contributed by atoms with Gasteiger partial charge >= 0.3 is 6.18 Å². The summed E-state index contributed by atoms with van der Waals surface area (Å²) in [5.74, 6) is -0.401. The number of anilines is 1. The van der Waals surface area contributed by atoms with Crippen molar-refractivity contribution in [2.45, 2.75) is 6.18 Å². The second-order valence-corrected chi connectivity index (χ2v) is 6.17. The highest BCUT2D eigenvalue weighted by atomic mass is 79.9. The van der Waals surface area contributed by atoms with E-state index >= 15 is 0 Å². The third-order valence-electron chi connectivity index (χ3n) is 3.37. The van der Waals surface area contributed by atoms with E-state index in [1.807, 2.05) is 0 Å². The van der Waals surface area contributed by atoms with Gasteiger partial charge in [-0.15, -0.1) is 0 Å². The summed E-state index contributed by atoms with van der Waals surface area (Å²) in [7, 11) is 0. The zero-order valence-electron chi connectivity index (χ0n) is 13.0. The lowest BCUT2D eigenvalue weighted by atomic mass is 10.2. The highest BCUT2D eigenvalue weighted by molar-refractivity contribution is 9.10. The molecule has 3 aromatic rings. The van der Waals surface area contributed by atoms with Crippen molar-refractivity contribution in [3.8, 4) is 5.88 Å². The maximum Gasteiger partial charge on any atom is 0.416 e. The maximum atomic E-state index is 12.7. The van der Waals surface area contributed by atoms with Crippen LogP contribution in [0.3, 0.4) is 0 Å². The Morgan fingerprint density at radius 1 is 1.15 bits per heavy atom. The normalized spacial score (nSPS) is 11.4. The Labute approximate surface area is 154 Å². The monoisotopic (exact) mass is 425 g/mol. The van der Waals surface area contributed by atoms with Crippen LogP contribution < -0.4 is 10.1 Å². The van der Waals surface area contributed by atoms with Gasteiger partial charge in [0.05, 0.1) is 16.5 Å². The van der Waals surface area contributed by atoms with Crippen LogP contribution in [-0.4, -0.2) is 22.5 Å². The Morgan fingerprint density at radius 2 is 1.96 bits per heavy atom. The number of amides is 1. The molecule has 1 N–H and O–H groups in total. The first kappa shape index (κ1) is 18.1. The minimum atomic E-state index is -4.48. The molecule has 0 fully saturated rings. The van der Waals surface area contributed by atoms with E-state index in [-0.39, 0.29) is 11.6 Å². The number of alkyl halides is 3. The van der Waals surface area contributed by atoms with Gasteiger partial charge in [-0.2, -0.15) is 13.2 Å². The number of carbonyl (C=O) groups excluding carboxylic acids is 1. The van der Waals surface area contributed by atoms with Crippen LogP contribution >= 0.6 is 15.9 Å². The van der Waals surface area contributed by atoms with Crippen LogP contribution in [0.25, 0.3) is 10.9 Å². The molecule has 0 aliphatic rings. The summed E-state index contributed by atoms with van der Waals surface area (Å²) in [5.41, 5.74) is -0.178. The molecule has 26 heavy (non-hydrogen) atoms. The molecule has 0 aliphatic carbocycles.